The summed E-state index contributed by atoms with van der Waals surface area (Å²) >= 11 is 0. The molecule has 29 heavy (non-hydrogen) atoms. The SMILES string of the molecule is CCOC(=O)N1CCC(Nc2ccc(C(=O)Nc3ccc(C)cc3C)nc2)CC1. The molecule has 1 fully saturated rings. The van der Waals surface area contributed by atoms with Crippen LogP contribution in [0, 0.1) is 13.8 Å². The number of carbonyl (C=O) groups excluding carboxylic acids is 2. The van der Waals surface area contributed by atoms with Gasteiger partial charge in [0.15, 0.2) is 0 Å². The van der Waals surface area contributed by atoms with Gasteiger partial charge in [0.2, 0.25) is 0 Å². The fraction of sp³-hybridized carbons (Fsp3) is 0.409. The lowest BCUT2D eigenvalue weighted by molar-refractivity contribution is 0.0982. The lowest BCUT2D eigenvalue weighted by atomic mass is 10.1. The van der Waals surface area contributed by atoms with E-state index >= 15 is 0 Å². The maximum Gasteiger partial charge on any atom is 0.409 e. The van der Waals surface area contributed by atoms with E-state index in [1.165, 1.54) is 0 Å². The summed E-state index contributed by atoms with van der Waals surface area (Å²) in [6.45, 7) is 7.53. The molecule has 1 saturated heterocycles. The van der Waals surface area contributed by atoms with Gasteiger partial charge < -0.3 is 20.3 Å². The monoisotopic (exact) mass is 396 g/mol. The Morgan fingerprint density at radius 2 is 1.93 bits per heavy atom. The van der Waals surface area contributed by atoms with Crippen molar-refractivity contribution in [1.82, 2.24) is 9.88 Å². The molecule has 1 aliphatic rings. The second-order valence-corrected chi connectivity index (χ2v) is 7.31. The summed E-state index contributed by atoms with van der Waals surface area (Å²) in [6, 6.07) is 9.74. The number of ether oxygens (including phenoxy) is 1. The molecule has 0 unspecified atom stereocenters. The van der Waals surface area contributed by atoms with Gasteiger partial charge in [-0.15, -0.1) is 0 Å². The average molecular weight is 396 g/mol. The van der Waals surface area contributed by atoms with Crippen molar-refractivity contribution in [3.63, 3.8) is 0 Å². The minimum atomic E-state index is -0.244. The molecular weight excluding hydrogens is 368 g/mol. The number of hydrogen-bond donors (Lipinski definition) is 2. The number of aromatic nitrogens is 1. The van der Waals surface area contributed by atoms with Crippen molar-refractivity contribution >= 4 is 23.4 Å². The van der Waals surface area contributed by atoms with E-state index in [2.05, 4.69) is 15.6 Å². The molecule has 3 rings (SSSR count). The highest BCUT2D eigenvalue weighted by atomic mass is 16.6. The van der Waals surface area contributed by atoms with Crippen molar-refractivity contribution in [2.45, 2.75) is 39.7 Å². The number of likely N-dealkylation sites (tertiary alicyclic amines) is 1. The van der Waals surface area contributed by atoms with Gasteiger partial charge in [-0.1, -0.05) is 17.7 Å². The molecule has 0 aliphatic carbocycles. The van der Waals surface area contributed by atoms with Crippen LogP contribution < -0.4 is 10.6 Å². The molecule has 0 radical (unpaired) electrons. The van der Waals surface area contributed by atoms with Gasteiger partial charge in [-0.2, -0.15) is 0 Å². The zero-order valence-corrected chi connectivity index (χ0v) is 17.2. The Labute approximate surface area is 171 Å². The Bertz CT molecular complexity index is 859. The quantitative estimate of drug-likeness (QED) is 0.799. The number of rotatable bonds is 5. The maximum absolute atomic E-state index is 12.5. The third-order valence-electron chi connectivity index (χ3n) is 5.02. The summed E-state index contributed by atoms with van der Waals surface area (Å²) < 4.78 is 5.04. The Kier molecular flexibility index (Phi) is 6.69. The van der Waals surface area contributed by atoms with E-state index in [0.29, 0.717) is 25.4 Å². The van der Waals surface area contributed by atoms with Crippen LogP contribution in [0.2, 0.25) is 0 Å². The second kappa shape index (κ2) is 9.41. The highest BCUT2D eigenvalue weighted by molar-refractivity contribution is 6.03. The molecule has 0 spiro atoms. The van der Waals surface area contributed by atoms with Crippen LogP contribution in [0.15, 0.2) is 36.5 Å². The smallest absolute Gasteiger partial charge is 0.409 e. The van der Waals surface area contributed by atoms with Gasteiger partial charge in [-0.3, -0.25) is 4.79 Å². The van der Waals surface area contributed by atoms with Gasteiger partial charge in [-0.05, 0) is 57.4 Å². The predicted molar refractivity (Wildman–Crippen MR) is 113 cm³/mol. The normalized spacial score (nSPS) is 14.4. The zero-order chi connectivity index (χ0) is 20.8. The molecule has 154 valence electrons. The summed E-state index contributed by atoms with van der Waals surface area (Å²) in [5, 5.41) is 6.34. The van der Waals surface area contributed by atoms with Crippen molar-refractivity contribution in [3.05, 3.63) is 53.3 Å². The first-order valence-corrected chi connectivity index (χ1v) is 9.99. The molecule has 0 atom stereocenters. The van der Waals surface area contributed by atoms with Crippen molar-refractivity contribution in [2.75, 3.05) is 30.3 Å². The molecule has 7 nitrogen and oxygen atoms in total. The number of aryl methyl sites for hydroxylation is 2. The molecule has 1 aromatic carbocycles. The van der Waals surface area contributed by atoms with Crippen LogP contribution >= 0.6 is 0 Å². The van der Waals surface area contributed by atoms with Crippen LogP contribution in [-0.2, 0) is 4.74 Å². The fourth-order valence-electron chi connectivity index (χ4n) is 3.41. The number of nitrogens with zero attached hydrogens (tertiary/aromatic N) is 2. The van der Waals surface area contributed by atoms with Crippen LogP contribution in [0.25, 0.3) is 0 Å². The number of nitrogens with one attached hydrogen (secondary N) is 2. The molecule has 2 N–H and O–H groups in total. The maximum atomic E-state index is 12.5. The van der Waals surface area contributed by atoms with Gasteiger partial charge >= 0.3 is 6.09 Å². The number of pyridine rings is 1. The Balaban J connectivity index is 1.52. The number of carbonyl (C=O) groups is 2. The van der Waals surface area contributed by atoms with Gasteiger partial charge in [-0.25, -0.2) is 9.78 Å². The standard InChI is InChI=1S/C22H28N4O3/c1-4-29-22(28)26-11-9-17(10-12-26)24-18-6-8-20(23-14-18)21(27)25-19-7-5-15(2)13-16(19)3/h5-8,13-14,17,24H,4,9-12H2,1-3H3,(H,25,27). The summed E-state index contributed by atoms with van der Waals surface area (Å²) in [5.74, 6) is -0.230. The van der Waals surface area contributed by atoms with E-state index in [1.807, 2.05) is 45.0 Å². The highest BCUT2D eigenvalue weighted by Crippen LogP contribution is 2.19. The molecule has 1 aliphatic heterocycles. The molecule has 2 aromatic rings. The average Bonchev–Trinajstić information content (AvgIpc) is 2.71. The van der Waals surface area contributed by atoms with E-state index in [-0.39, 0.29) is 18.0 Å². The third kappa shape index (κ3) is 5.47. The summed E-state index contributed by atoms with van der Waals surface area (Å²) in [7, 11) is 0. The van der Waals surface area contributed by atoms with E-state index in [9.17, 15) is 9.59 Å². The first kappa shape index (κ1) is 20.6. The summed E-state index contributed by atoms with van der Waals surface area (Å²) in [6.07, 6.45) is 3.11. The first-order chi connectivity index (χ1) is 14.0. The van der Waals surface area contributed by atoms with Crippen molar-refractivity contribution in [1.29, 1.82) is 0 Å². The van der Waals surface area contributed by atoms with Gasteiger partial charge in [0.25, 0.3) is 5.91 Å². The second-order valence-electron chi connectivity index (χ2n) is 7.31. The van der Waals surface area contributed by atoms with E-state index in [0.717, 1.165) is 35.3 Å². The fourth-order valence-corrected chi connectivity index (χ4v) is 3.41. The van der Waals surface area contributed by atoms with Crippen LogP contribution in [0.4, 0.5) is 16.2 Å². The third-order valence-corrected chi connectivity index (χ3v) is 5.02. The van der Waals surface area contributed by atoms with E-state index in [1.54, 1.807) is 17.2 Å². The minimum Gasteiger partial charge on any atom is -0.450 e. The molecule has 7 heteroatoms. The van der Waals surface area contributed by atoms with E-state index < -0.39 is 0 Å². The Morgan fingerprint density at radius 1 is 1.17 bits per heavy atom. The number of benzene rings is 1. The zero-order valence-electron chi connectivity index (χ0n) is 17.2. The molecule has 2 amide bonds. The minimum absolute atomic E-state index is 0.230. The summed E-state index contributed by atoms with van der Waals surface area (Å²) in [4.78, 5) is 30.3. The Hall–Kier alpha value is -3.09. The number of piperidine rings is 1. The van der Waals surface area contributed by atoms with Crippen molar-refractivity contribution in [3.8, 4) is 0 Å². The summed E-state index contributed by atoms with van der Waals surface area (Å²) in [5.41, 5.74) is 4.20. The van der Waals surface area contributed by atoms with E-state index in [4.69, 9.17) is 4.74 Å². The highest BCUT2D eigenvalue weighted by Gasteiger charge is 2.23. The molecule has 0 saturated carbocycles. The largest absolute Gasteiger partial charge is 0.450 e. The van der Waals surface area contributed by atoms with Crippen LogP contribution in [-0.4, -0.2) is 47.6 Å². The van der Waals surface area contributed by atoms with Crippen LogP contribution in [0.5, 0.6) is 0 Å². The van der Waals surface area contributed by atoms with Gasteiger partial charge in [0.1, 0.15) is 5.69 Å². The van der Waals surface area contributed by atoms with Crippen molar-refractivity contribution in [2.24, 2.45) is 0 Å². The number of anilines is 2. The number of amides is 2. The molecular formula is C22H28N4O3. The first-order valence-electron chi connectivity index (χ1n) is 9.99. The van der Waals surface area contributed by atoms with Crippen LogP contribution in [0.3, 0.4) is 0 Å². The molecule has 1 aromatic heterocycles. The molecule has 2 heterocycles. The van der Waals surface area contributed by atoms with Gasteiger partial charge in [0, 0.05) is 24.8 Å². The Morgan fingerprint density at radius 3 is 2.55 bits per heavy atom. The number of hydrogen-bond acceptors (Lipinski definition) is 5. The topological polar surface area (TPSA) is 83.6 Å². The lowest BCUT2D eigenvalue weighted by Crippen LogP contribution is -2.42. The molecule has 0 bridgehead atoms. The van der Waals surface area contributed by atoms with Crippen molar-refractivity contribution < 1.29 is 14.3 Å². The van der Waals surface area contributed by atoms with Gasteiger partial charge in [0.05, 0.1) is 18.5 Å². The predicted octanol–water partition coefficient (Wildman–Crippen LogP) is 3.98. The lowest BCUT2D eigenvalue weighted by Gasteiger charge is -2.32. The van der Waals surface area contributed by atoms with Crippen LogP contribution in [0.1, 0.15) is 41.4 Å².